The molecule has 0 amide bonds. The summed E-state index contributed by atoms with van der Waals surface area (Å²) in [6, 6.07) is 50.9. The number of benzene rings is 7. The molecule has 0 saturated heterocycles. The fraction of sp³-hybridized carbons (Fsp3) is 0.0500. The van der Waals surface area contributed by atoms with E-state index in [9.17, 15) is 16.8 Å². The summed E-state index contributed by atoms with van der Waals surface area (Å²) < 4.78 is 65.1. The summed E-state index contributed by atoms with van der Waals surface area (Å²) in [7, 11) is -4.10. The number of anilines is 2. The molecule has 0 aliphatic heterocycles. The van der Waals surface area contributed by atoms with Crippen LogP contribution >= 0.6 is 0 Å². The lowest BCUT2D eigenvalue weighted by Crippen LogP contribution is -2.12. The third-order valence-electron chi connectivity index (χ3n) is 7.41. The molecule has 0 fully saturated rings. The molecular formula is C40H36N2O6S2. The first kappa shape index (κ1) is 35.5. The van der Waals surface area contributed by atoms with E-state index in [2.05, 4.69) is 9.44 Å². The Morgan fingerprint density at radius 2 is 0.700 bits per heavy atom. The standard InChI is InChI=1S/2C17H15NO3S.C6H6/c2*1-21-16-9-7-15(8-10-16)18-22(19,20)17-11-6-13-4-2-3-5-14(13)12-17;1-2-4-6-5-3-1/h2*2-12,18H,1H3;1-6H. The van der Waals surface area contributed by atoms with Crippen LogP contribution in [0.4, 0.5) is 11.4 Å². The van der Waals surface area contributed by atoms with E-state index in [0.29, 0.717) is 22.9 Å². The van der Waals surface area contributed by atoms with Gasteiger partial charge in [0, 0.05) is 11.4 Å². The van der Waals surface area contributed by atoms with Gasteiger partial charge in [-0.05, 0) is 94.3 Å². The summed E-state index contributed by atoms with van der Waals surface area (Å²) in [6.45, 7) is 0. The monoisotopic (exact) mass is 704 g/mol. The molecule has 0 spiro atoms. The second kappa shape index (κ2) is 16.5. The molecule has 0 heterocycles. The molecule has 7 rings (SSSR count). The van der Waals surface area contributed by atoms with Crippen molar-refractivity contribution in [2.75, 3.05) is 23.7 Å². The first-order valence-corrected chi connectivity index (χ1v) is 18.4. The minimum Gasteiger partial charge on any atom is -0.497 e. The number of hydrogen-bond acceptors (Lipinski definition) is 6. The van der Waals surface area contributed by atoms with Gasteiger partial charge >= 0.3 is 0 Å². The zero-order chi connectivity index (χ0) is 35.4. The number of rotatable bonds is 8. The average Bonchev–Trinajstić information content (AvgIpc) is 3.16. The maximum absolute atomic E-state index is 12.5. The molecule has 0 radical (unpaired) electrons. The zero-order valence-electron chi connectivity index (χ0n) is 27.4. The van der Waals surface area contributed by atoms with Gasteiger partial charge in [0.2, 0.25) is 0 Å². The molecule has 0 aliphatic rings. The Morgan fingerprint density at radius 3 is 1.02 bits per heavy atom. The molecule has 0 atom stereocenters. The molecule has 0 bridgehead atoms. The van der Waals surface area contributed by atoms with E-state index in [0.717, 1.165) is 21.5 Å². The van der Waals surface area contributed by atoms with Crippen molar-refractivity contribution < 1.29 is 26.3 Å². The SMILES string of the molecule is COc1ccc(NS(=O)(=O)c2ccc3ccccc3c2)cc1.COc1ccc(NS(=O)(=O)c2ccc3ccccc3c2)cc1.c1ccccc1. The minimum absolute atomic E-state index is 0.238. The summed E-state index contributed by atoms with van der Waals surface area (Å²) in [5.74, 6) is 1.35. The Hall–Kier alpha value is -5.84. The van der Waals surface area contributed by atoms with Crippen LogP contribution in [0.25, 0.3) is 21.5 Å². The quantitative estimate of drug-likeness (QED) is 0.163. The fourth-order valence-corrected chi connectivity index (χ4v) is 6.99. The van der Waals surface area contributed by atoms with E-state index >= 15 is 0 Å². The molecule has 2 N–H and O–H groups in total. The van der Waals surface area contributed by atoms with E-state index in [4.69, 9.17) is 9.47 Å². The van der Waals surface area contributed by atoms with E-state index in [1.165, 1.54) is 0 Å². The Labute approximate surface area is 293 Å². The Balaban J connectivity index is 0.000000167. The second-order valence-corrected chi connectivity index (χ2v) is 14.2. The van der Waals surface area contributed by atoms with Crippen molar-refractivity contribution in [1.29, 1.82) is 0 Å². The summed E-state index contributed by atoms with van der Waals surface area (Å²) >= 11 is 0. The van der Waals surface area contributed by atoms with E-state index < -0.39 is 20.0 Å². The average molecular weight is 705 g/mol. The summed E-state index contributed by atoms with van der Waals surface area (Å²) in [6.07, 6.45) is 0. The van der Waals surface area contributed by atoms with Crippen LogP contribution in [0.3, 0.4) is 0 Å². The molecule has 0 unspecified atom stereocenters. The number of methoxy groups -OCH3 is 2. The van der Waals surface area contributed by atoms with Crippen molar-refractivity contribution in [1.82, 2.24) is 0 Å². The van der Waals surface area contributed by atoms with E-state index in [1.54, 1.807) is 99.1 Å². The lowest BCUT2D eigenvalue weighted by molar-refractivity contribution is 0.415. The summed E-state index contributed by atoms with van der Waals surface area (Å²) in [5, 5.41) is 3.79. The van der Waals surface area contributed by atoms with Gasteiger partial charge in [-0.25, -0.2) is 16.8 Å². The first-order valence-electron chi connectivity index (χ1n) is 15.5. The highest BCUT2D eigenvalue weighted by atomic mass is 32.2. The van der Waals surface area contributed by atoms with Gasteiger partial charge in [0.1, 0.15) is 11.5 Å². The van der Waals surface area contributed by atoms with Crippen LogP contribution < -0.4 is 18.9 Å². The van der Waals surface area contributed by atoms with Crippen molar-refractivity contribution in [2.45, 2.75) is 9.79 Å². The highest BCUT2D eigenvalue weighted by Gasteiger charge is 2.16. The van der Waals surface area contributed by atoms with Gasteiger partial charge in [0.25, 0.3) is 20.0 Å². The van der Waals surface area contributed by atoms with Crippen LogP contribution in [0.15, 0.2) is 180 Å². The molecule has 0 aliphatic carbocycles. The third-order valence-corrected chi connectivity index (χ3v) is 10.2. The van der Waals surface area contributed by atoms with Crippen molar-refractivity contribution in [2.24, 2.45) is 0 Å². The van der Waals surface area contributed by atoms with Crippen molar-refractivity contribution >= 4 is 53.0 Å². The first-order chi connectivity index (χ1) is 24.2. The van der Waals surface area contributed by atoms with Gasteiger partial charge in [-0.15, -0.1) is 0 Å². The molecule has 0 saturated carbocycles. The Morgan fingerprint density at radius 1 is 0.380 bits per heavy atom. The number of ether oxygens (including phenoxy) is 2. The van der Waals surface area contributed by atoms with Gasteiger partial charge in [-0.2, -0.15) is 0 Å². The van der Waals surface area contributed by atoms with Crippen molar-refractivity contribution in [3.8, 4) is 11.5 Å². The number of nitrogens with one attached hydrogen (secondary N) is 2. The molecule has 7 aromatic carbocycles. The Kier molecular flexibility index (Phi) is 11.7. The molecular weight excluding hydrogens is 669 g/mol. The van der Waals surface area contributed by atoms with Gasteiger partial charge < -0.3 is 9.47 Å². The molecule has 254 valence electrons. The van der Waals surface area contributed by atoms with Gasteiger partial charge in [0.05, 0.1) is 24.0 Å². The maximum Gasteiger partial charge on any atom is 0.261 e. The highest BCUT2D eigenvalue weighted by molar-refractivity contribution is 7.93. The number of hydrogen-bond donors (Lipinski definition) is 2. The predicted octanol–water partition coefficient (Wildman–Crippen LogP) is 8.98. The second-order valence-electron chi connectivity index (χ2n) is 10.8. The lowest BCUT2D eigenvalue weighted by Gasteiger charge is -2.09. The minimum atomic E-state index is -3.62. The van der Waals surface area contributed by atoms with Crippen molar-refractivity contribution in [3.05, 3.63) is 170 Å². The van der Waals surface area contributed by atoms with E-state index in [1.807, 2.05) is 84.9 Å². The van der Waals surface area contributed by atoms with Crippen molar-refractivity contribution in [3.63, 3.8) is 0 Å². The van der Waals surface area contributed by atoms with Crippen LogP contribution in [0.5, 0.6) is 11.5 Å². The normalized spacial score (nSPS) is 10.9. The molecule has 7 aromatic rings. The van der Waals surface area contributed by atoms with Gasteiger partial charge in [-0.1, -0.05) is 97.1 Å². The van der Waals surface area contributed by atoms with Crippen LogP contribution in [-0.2, 0) is 20.0 Å². The summed E-state index contributed by atoms with van der Waals surface area (Å²) in [4.78, 5) is 0.476. The summed E-state index contributed by atoms with van der Waals surface area (Å²) in [5.41, 5.74) is 0.989. The molecule has 10 heteroatoms. The fourth-order valence-electron chi connectivity index (χ4n) is 4.80. The van der Waals surface area contributed by atoms with Crippen LogP contribution in [0.2, 0.25) is 0 Å². The number of sulfonamides is 2. The maximum atomic E-state index is 12.5. The largest absolute Gasteiger partial charge is 0.497 e. The predicted molar refractivity (Wildman–Crippen MR) is 202 cm³/mol. The highest BCUT2D eigenvalue weighted by Crippen LogP contribution is 2.24. The van der Waals surface area contributed by atoms with Gasteiger partial charge in [0.15, 0.2) is 0 Å². The third kappa shape index (κ3) is 9.62. The smallest absolute Gasteiger partial charge is 0.261 e. The zero-order valence-corrected chi connectivity index (χ0v) is 29.1. The topological polar surface area (TPSA) is 111 Å². The van der Waals surface area contributed by atoms with Crippen LogP contribution in [0.1, 0.15) is 0 Å². The van der Waals surface area contributed by atoms with Gasteiger partial charge in [-0.3, -0.25) is 9.44 Å². The Bertz CT molecular complexity index is 2190. The van der Waals surface area contributed by atoms with Crippen LogP contribution in [-0.4, -0.2) is 31.1 Å². The molecule has 50 heavy (non-hydrogen) atoms. The van der Waals surface area contributed by atoms with Crippen LogP contribution in [0, 0.1) is 0 Å². The molecule has 8 nitrogen and oxygen atoms in total. The molecule has 0 aromatic heterocycles. The number of fused-ring (bicyclic) bond motifs is 2. The lowest BCUT2D eigenvalue weighted by atomic mass is 10.1. The van der Waals surface area contributed by atoms with E-state index in [-0.39, 0.29) is 9.79 Å².